The first-order valence-corrected chi connectivity index (χ1v) is 7.05. The van der Waals surface area contributed by atoms with E-state index in [1.54, 1.807) is 0 Å². The van der Waals surface area contributed by atoms with E-state index in [0.717, 1.165) is 12.2 Å². The molecule has 1 N–H and O–H groups in total. The Morgan fingerprint density at radius 2 is 2.22 bits per heavy atom. The van der Waals surface area contributed by atoms with Crippen molar-refractivity contribution < 1.29 is 0 Å². The highest BCUT2D eigenvalue weighted by Crippen LogP contribution is 2.34. The van der Waals surface area contributed by atoms with Gasteiger partial charge in [-0.25, -0.2) is 0 Å². The van der Waals surface area contributed by atoms with Crippen LogP contribution >= 0.6 is 0 Å². The molecule has 2 unspecified atom stereocenters. The second-order valence-electron chi connectivity index (χ2n) is 5.38. The Hall–Kier alpha value is -1.09. The van der Waals surface area contributed by atoms with Crippen LogP contribution in [0, 0.1) is 6.92 Å². The van der Waals surface area contributed by atoms with Crippen LogP contribution < -0.4 is 10.2 Å². The highest BCUT2D eigenvalue weighted by Gasteiger charge is 2.30. The molecule has 0 bridgehead atoms. The van der Waals surface area contributed by atoms with Gasteiger partial charge in [-0.05, 0) is 46.2 Å². The average molecular weight is 247 g/mol. The molecule has 1 aliphatic rings. The minimum absolute atomic E-state index is 0.646. The molecule has 2 rings (SSSR count). The van der Waals surface area contributed by atoms with Crippen molar-refractivity contribution in [3.05, 3.63) is 23.5 Å². The Morgan fingerprint density at radius 1 is 1.44 bits per heavy atom. The van der Waals surface area contributed by atoms with Crippen molar-refractivity contribution in [2.45, 2.75) is 58.7 Å². The number of anilines is 1. The summed E-state index contributed by atoms with van der Waals surface area (Å²) in [6.07, 6.45) is 5.88. The van der Waals surface area contributed by atoms with Crippen molar-refractivity contribution in [1.29, 1.82) is 0 Å². The lowest BCUT2D eigenvalue weighted by molar-refractivity contribution is 0.622. The van der Waals surface area contributed by atoms with Crippen molar-refractivity contribution in [2.24, 2.45) is 0 Å². The molecule has 2 atom stereocenters. The molecule has 1 saturated heterocycles. The summed E-state index contributed by atoms with van der Waals surface area (Å²) >= 11 is 0. The molecule has 1 aliphatic heterocycles. The van der Waals surface area contributed by atoms with Crippen LogP contribution in [0.4, 0.5) is 5.69 Å². The molecule has 3 nitrogen and oxygen atoms in total. The molecule has 1 aromatic heterocycles. The first-order chi connectivity index (χ1) is 8.67. The molecule has 0 radical (unpaired) electrons. The zero-order valence-corrected chi connectivity index (χ0v) is 12.0. The fraction of sp³-hybridized carbons (Fsp3) is 0.667. The maximum atomic E-state index is 4.44. The van der Waals surface area contributed by atoms with Crippen LogP contribution in [0.2, 0.25) is 0 Å². The summed E-state index contributed by atoms with van der Waals surface area (Å²) in [6, 6.07) is 3.58. The molecule has 0 aliphatic carbocycles. The molecule has 18 heavy (non-hydrogen) atoms. The molecule has 1 fully saturated rings. The lowest BCUT2D eigenvalue weighted by Gasteiger charge is -2.32. The van der Waals surface area contributed by atoms with E-state index in [4.69, 9.17) is 0 Å². The summed E-state index contributed by atoms with van der Waals surface area (Å²) in [5.74, 6) is 0. The van der Waals surface area contributed by atoms with E-state index >= 15 is 0 Å². The minimum atomic E-state index is 0.646. The van der Waals surface area contributed by atoms with Gasteiger partial charge < -0.3 is 10.2 Å². The van der Waals surface area contributed by atoms with Gasteiger partial charge in [-0.3, -0.25) is 4.98 Å². The van der Waals surface area contributed by atoms with Crippen molar-refractivity contribution in [2.75, 3.05) is 11.9 Å². The topological polar surface area (TPSA) is 28.2 Å². The summed E-state index contributed by atoms with van der Waals surface area (Å²) in [5.41, 5.74) is 3.81. The maximum Gasteiger partial charge on any atom is 0.0450 e. The monoisotopic (exact) mass is 247 g/mol. The standard InChI is InChI=1S/C15H25N3/c1-5-14-7-6-12(3)18(14)15-8-11(2)17-10-13(15)9-16-4/h8,10,12,14,16H,5-7,9H2,1-4H3. The highest BCUT2D eigenvalue weighted by atomic mass is 15.2. The Labute approximate surface area is 111 Å². The summed E-state index contributed by atoms with van der Waals surface area (Å²) < 4.78 is 0. The fourth-order valence-electron chi connectivity index (χ4n) is 3.05. The van der Waals surface area contributed by atoms with E-state index < -0.39 is 0 Å². The molecule has 1 aromatic rings. The normalized spacial score (nSPS) is 23.7. The van der Waals surface area contributed by atoms with E-state index in [1.807, 2.05) is 13.2 Å². The smallest absolute Gasteiger partial charge is 0.0450 e. The van der Waals surface area contributed by atoms with Gasteiger partial charge in [0.1, 0.15) is 0 Å². The summed E-state index contributed by atoms with van der Waals surface area (Å²) in [5, 5.41) is 3.25. The van der Waals surface area contributed by atoms with E-state index in [0.29, 0.717) is 12.1 Å². The number of pyridine rings is 1. The third-order valence-electron chi connectivity index (χ3n) is 4.00. The van der Waals surface area contributed by atoms with Gasteiger partial charge in [-0.2, -0.15) is 0 Å². The van der Waals surface area contributed by atoms with Gasteiger partial charge in [0, 0.05) is 41.8 Å². The van der Waals surface area contributed by atoms with Crippen LogP contribution in [-0.2, 0) is 6.54 Å². The van der Waals surface area contributed by atoms with Crippen molar-refractivity contribution in [3.63, 3.8) is 0 Å². The minimum Gasteiger partial charge on any atom is -0.365 e. The molecule has 0 aromatic carbocycles. The quantitative estimate of drug-likeness (QED) is 0.886. The van der Waals surface area contributed by atoms with Crippen molar-refractivity contribution >= 4 is 5.69 Å². The Morgan fingerprint density at radius 3 is 2.89 bits per heavy atom. The number of rotatable bonds is 4. The van der Waals surface area contributed by atoms with Crippen LogP contribution in [0.3, 0.4) is 0 Å². The number of nitrogens with one attached hydrogen (secondary N) is 1. The number of nitrogens with zero attached hydrogens (tertiary/aromatic N) is 2. The summed E-state index contributed by atoms with van der Waals surface area (Å²) in [7, 11) is 1.99. The van der Waals surface area contributed by atoms with Crippen molar-refractivity contribution in [3.8, 4) is 0 Å². The number of hydrogen-bond donors (Lipinski definition) is 1. The zero-order valence-electron chi connectivity index (χ0n) is 12.0. The zero-order chi connectivity index (χ0) is 13.1. The molecule has 3 heteroatoms. The molecule has 0 saturated carbocycles. The molecule has 2 heterocycles. The SMILES string of the molecule is CCC1CCC(C)N1c1cc(C)ncc1CNC. The third kappa shape index (κ3) is 2.51. The van der Waals surface area contributed by atoms with Gasteiger partial charge in [0.2, 0.25) is 0 Å². The second kappa shape index (κ2) is 5.70. The Kier molecular flexibility index (Phi) is 4.23. The molecule has 100 valence electrons. The fourth-order valence-corrected chi connectivity index (χ4v) is 3.05. The largest absolute Gasteiger partial charge is 0.365 e. The predicted molar refractivity (Wildman–Crippen MR) is 77.0 cm³/mol. The number of aryl methyl sites for hydroxylation is 1. The molecule has 0 amide bonds. The van der Waals surface area contributed by atoms with Crippen molar-refractivity contribution in [1.82, 2.24) is 10.3 Å². The second-order valence-corrected chi connectivity index (χ2v) is 5.38. The first-order valence-electron chi connectivity index (χ1n) is 7.05. The lowest BCUT2D eigenvalue weighted by Crippen LogP contribution is -2.35. The van der Waals surface area contributed by atoms with Crippen LogP contribution in [0.15, 0.2) is 12.3 Å². The lowest BCUT2D eigenvalue weighted by atomic mass is 10.1. The number of hydrogen-bond acceptors (Lipinski definition) is 3. The van der Waals surface area contributed by atoms with Crippen LogP contribution in [0.5, 0.6) is 0 Å². The van der Waals surface area contributed by atoms with Crippen LogP contribution in [0.25, 0.3) is 0 Å². The molecular formula is C15H25N3. The number of aromatic nitrogens is 1. The average Bonchev–Trinajstić information content (AvgIpc) is 2.73. The summed E-state index contributed by atoms with van der Waals surface area (Å²) in [4.78, 5) is 7.05. The van der Waals surface area contributed by atoms with Gasteiger partial charge in [0.15, 0.2) is 0 Å². The van der Waals surface area contributed by atoms with Gasteiger partial charge in [0.25, 0.3) is 0 Å². The first kappa shape index (κ1) is 13.3. The Balaban J connectivity index is 2.38. The predicted octanol–water partition coefficient (Wildman–Crippen LogP) is 2.88. The highest BCUT2D eigenvalue weighted by molar-refractivity contribution is 5.56. The maximum absolute atomic E-state index is 4.44. The third-order valence-corrected chi connectivity index (χ3v) is 4.00. The van der Waals surface area contributed by atoms with Gasteiger partial charge in [-0.1, -0.05) is 6.92 Å². The van der Waals surface area contributed by atoms with Crippen LogP contribution in [-0.4, -0.2) is 24.1 Å². The van der Waals surface area contributed by atoms with Crippen LogP contribution in [0.1, 0.15) is 44.4 Å². The van der Waals surface area contributed by atoms with Gasteiger partial charge in [0.05, 0.1) is 0 Å². The van der Waals surface area contributed by atoms with E-state index in [-0.39, 0.29) is 0 Å². The van der Waals surface area contributed by atoms with E-state index in [9.17, 15) is 0 Å². The van der Waals surface area contributed by atoms with E-state index in [1.165, 1.54) is 30.5 Å². The summed E-state index contributed by atoms with van der Waals surface area (Å²) in [6.45, 7) is 7.60. The Bertz CT molecular complexity index is 403. The van der Waals surface area contributed by atoms with Gasteiger partial charge in [-0.15, -0.1) is 0 Å². The molecular weight excluding hydrogens is 222 g/mol. The van der Waals surface area contributed by atoms with E-state index in [2.05, 4.69) is 42.0 Å². The van der Waals surface area contributed by atoms with Gasteiger partial charge >= 0.3 is 0 Å². The molecule has 0 spiro atoms.